The van der Waals surface area contributed by atoms with E-state index < -0.39 is 0 Å². The van der Waals surface area contributed by atoms with Crippen LogP contribution in [0.3, 0.4) is 0 Å². The lowest BCUT2D eigenvalue weighted by Gasteiger charge is -2.40. The number of likely N-dealkylation sites (N-methyl/N-ethyl adjacent to an activating group) is 1. The van der Waals surface area contributed by atoms with Gasteiger partial charge in [0, 0.05) is 31.0 Å². The predicted molar refractivity (Wildman–Crippen MR) is 68.1 cm³/mol. The van der Waals surface area contributed by atoms with Crippen molar-refractivity contribution >= 4 is 0 Å². The minimum atomic E-state index is 0.121. The fraction of sp³-hybridized carbons (Fsp3) is 0.615. The van der Waals surface area contributed by atoms with Gasteiger partial charge in [0.15, 0.2) is 0 Å². The van der Waals surface area contributed by atoms with E-state index in [2.05, 4.69) is 36.8 Å². The van der Waals surface area contributed by atoms with Crippen molar-refractivity contribution in [3.05, 3.63) is 30.1 Å². The number of nitrogens with two attached hydrogens (primary N) is 1. The lowest BCUT2D eigenvalue weighted by molar-refractivity contribution is 0.108. The molecule has 1 rings (SSSR count). The van der Waals surface area contributed by atoms with E-state index in [1.165, 1.54) is 5.56 Å². The Morgan fingerprint density at radius 3 is 2.50 bits per heavy atom. The summed E-state index contributed by atoms with van der Waals surface area (Å²) in [6.45, 7) is 6.02. The number of pyridine rings is 1. The van der Waals surface area contributed by atoms with Crippen LogP contribution >= 0.6 is 0 Å². The molecule has 16 heavy (non-hydrogen) atoms. The Morgan fingerprint density at radius 1 is 1.38 bits per heavy atom. The topological polar surface area (TPSA) is 42.1 Å². The first-order valence-electron chi connectivity index (χ1n) is 5.98. The Balaban J connectivity index is 2.73. The van der Waals surface area contributed by atoms with Gasteiger partial charge in [-0.1, -0.05) is 19.9 Å². The zero-order valence-electron chi connectivity index (χ0n) is 10.6. The number of nitrogens with zero attached hydrogens (tertiary/aromatic N) is 2. The van der Waals surface area contributed by atoms with Crippen molar-refractivity contribution in [1.29, 1.82) is 0 Å². The summed E-state index contributed by atoms with van der Waals surface area (Å²) < 4.78 is 0. The Kier molecular flexibility index (Phi) is 4.90. The SMILES string of the molecule is CCC(CC)(CN)N(C)Cc1cccnc1. The molecule has 0 radical (unpaired) electrons. The van der Waals surface area contributed by atoms with E-state index in [1.54, 1.807) is 6.20 Å². The summed E-state index contributed by atoms with van der Waals surface area (Å²) in [6.07, 6.45) is 5.88. The molecule has 1 aromatic rings. The summed E-state index contributed by atoms with van der Waals surface area (Å²) in [6, 6.07) is 4.08. The van der Waals surface area contributed by atoms with Crippen LogP contribution in [0.1, 0.15) is 32.3 Å². The van der Waals surface area contributed by atoms with Gasteiger partial charge in [-0.15, -0.1) is 0 Å². The summed E-state index contributed by atoms with van der Waals surface area (Å²) >= 11 is 0. The van der Waals surface area contributed by atoms with Crippen LogP contribution in [0.25, 0.3) is 0 Å². The maximum atomic E-state index is 5.93. The zero-order chi connectivity index (χ0) is 12.0. The van der Waals surface area contributed by atoms with Crippen LogP contribution in [0.4, 0.5) is 0 Å². The fourth-order valence-corrected chi connectivity index (χ4v) is 2.17. The Bertz CT molecular complexity index is 285. The molecule has 0 spiro atoms. The minimum Gasteiger partial charge on any atom is -0.329 e. The molecular weight excluding hydrogens is 198 g/mol. The number of hydrogen-bond donors (Lipinski definition) is 1. The third-order valence-electron chi connectivity index (χ3n) is 3.65. The van der Waals surface area contributed by atoms with Crippen LogP contribution in [-0.4, -0.2) is 29.0 Å². The second-order valence-electron chi connectivity index (χ2n) is 4.35. The van der Waals surface area contributed by atoms with Gasteiger partial charge >= 0.3 is 0 Å². The molecule has 0 saturated carbocycles. The number of rotatable bonds is 6. The Hall–Kier alpha value is -0.930. The average molecular weight is 221 g/mol. The molecule has 3 nitrogen and oxygen atoms in total. The van der Waals surface area contributed by atoms with Crippen molar-refractivity contribution in [1.82, 2.24) is 9.88 Å². The summed E-state index contributed by atoms with van der Waals surface area (Å²) in [5.74, 6) is 0. The minimum absolute atomic E-state index is 0.121. The van der Waals surface area contributed by atoms with Gasteiger partial charge in [0.25, 0.3) is 0 Å². The van der Waals surface area contributed by atoms with Crippen molar-refractivity contribution in [3.63, 3.8) is 0 Å². The van der Waals surface area contributed by atoms with Crippen molar-refractivity contribution in [2.45, 2.75) is 38.8 Å². The van der Waals surface area contributed by atoms with Crippen molar-refractivity contribution in [3.8, 4) is 0 Å². The van der Waals surface area contributed by atoms with Crippen LogP contribution in [0.5, 0.6) is 0 Å². The van der Waals surface area contributed by atoms with Crippen LogP contribution in [0, 0.1) is 0 Å². The maximum Gasteiger partial charge on any atom is 0.0327 e. The lowest BCUT2D eigenvalue weighted by Crippen LogP contribution is -2.50. The first-order valence-corrected chi connectivity index (χ1v) is 5.98. The monoisotopic (exact) mass is 221 g/mol. The highest BCUT2D eigenvalue weighted by Gasteiger charge is 2.29. The van der Waals surface area contributed by atoms with Crippen LogP contribution in [-0.2, 0) is 6.54 Å². The fourth-order valence-electron chi connectivity index (χ4n) is 2.17. The molecule has 1 aromatic heterocycles. The molecule has 0 aliphatic rings. The molecule has 1 heterocycles. The van der Waals surface area contributed by atoms with Crippen LogP contribution in [0.15, 0.2) is 24.5 Å². The normalized spacial score (nSPS) is 12.1. The van der Waals surface area contributed by atoms with E-state index >= 15 is 0 Å². The summed E-state index contributed by atoms with van der Waals surface area (Å²) in [5.41, 5.74) is 7.29. The van der Waals surface area contributed by atoms with Crippen LogP contribution in [0.2, 0.25) is 0 Å². The molecular formula is C13H23N3. The van der Waals surface area contributed by atoms with Crippen molar-refractivity contribution < 1.29 is 0 Å². The second-order valence-corrected chi connectivity index (χ2v) is 4.35. The largest absolute Gasteiger partial charge is 0.329 e. The van der Waals surface area contributed by atoms with E-state index in [9.17, 15) is 0 Å². The van der Waals surface area contributed by atoms with Gasteiger partial charge < -0.3 is 5.73 Å². The van der Waals surface area contributed by atoms with Gasteiger partial charge in [-0.3, -0.25) is 9.88 Å². The molecule has 0 amide bonds. The molecule has 0 aliphatic carbocycles. The lowest BCUT2D eigenvalue weighted by atomic mass is 9.91. The third-order valence-corrected chi connectivity index (χ3v) is 3.65. The summed E-state index contributed by atoms with van der Waals surface area (Å²) in [5, 5.41) is 0. The number of hydrogen-bond acceptors (Lipinski definition) is 3. The predicted octanol–water partition coefficient (Wildman–Crippen LogP) is 2.03. The first kappa shape index (κ1) is 13.1. The summed E-state index contributed by atoms with van der Waals surface area (Å²) in [7, 11) is 2.15. The van der Waals surface area contributed by atoms with Gasteiger partial charge in [0.05, 0.1) is 0 Å². The highest BCUT2D eigenvalue weighted by Crippen LogP contribution is 2.22. The maximum absolute atomic E-state index is 5.93. The molecule has 0 unspecified atom stereocenters. The number of aromatic nitrogens is 1. The molecule has 2 N–H and O–H groups in total. The smallest absolute Gasteiger partial charge is 0.0327 e. The standard InChI is InChI=1S/C13H23N3/c1-4-13(5-2,11-14)16(3)10-12-7-6-8-15-9-12/h6-9H,4-5,10-11,14H2,1-3H3. The molecule has 0 atom stereocenters. The highest BCUT2D eigenvalue weighted by molar-refractivity contribution is 5.09. The molecule has 0 fully saturated rings. The van der Waals surface area contributed by atoms with E-state index in [0.717, 1.165) is 19.4 Å². The van der Waals surface area contributed by atoms with Crippen molar-refractivity contribution in [2.75, 3.05) is 13.6 Å². The molecule has 0 bridgehead atoms. The van der Waals surface area contributed by atoms with Gasteiger partial charge in [-0.25, -0.2) is 0 Å². The van der Waals surface area contributed by atoms with E-state index in [-0.39, 0.29) is 5.54 Å². The third kappa shape index (κ3) is 2.80. The zero-order valence-corrected chi connectivity index (χ0v) is 10.6. The van der Waals surface area contributed by atoms with Crippen LogP contribution < -0.4 is 5.73 Å². The second kappa shape index (κ2) is 5.97. The molecule has 3 heteroatoms. The van der Waals surface area contributed by atoms with E-state index in [4.69, 9.17) is 5.73 Å². The van der Waals surface area contributed by atoms with E-state index in [1.807, 2.05) is 12.3 Å². The van der Waals surface area contributed by atoms with Gasteiger partial charge in [-0.05, 0) is 31.5 Å². The van der Waals surface area contributed by atoms with Gasteiger partial charge in [0.1, 0.15) is 0 Å². The molecule has 0 saturated heterocycles. The molecule has 90 valence electrons. The Labute approximate surface area is 98.7 Å². The molecule has 0 aliphatic heterocycles. The molecule has 0 aromatic carbocycles. The van der Waals surface area contributed by atoms with E-state index in [0.29, 0.717) is 6.54 Å². The van der Waals surface area contributed by atoms with Gasteiger partial charge in [-0.2, -0.15) is 0 Å². The van der Waals surface area contributed by atoms with Gasteiger partial charge in [0.2, 0.25) is 0 Å². The quantitative estimate of drug-likeness (QED) is 0.799. The van der Waals surface area contributed by atoms with Crippen molar-refractivity contribution in [2.24, 2.45) is 5.73 Å². The Morgan fingerprint density at radius 2 is 2.06 bits per heavy atom. The summed E-state index contributed by atoms with van der Waals surface area (Å²) in [4.78, 5) is 6.49. The highest BCUT2D eigenvalue weighted by atomic mass is 15.2. The average Bonchev–Trinajstić information content (AvgIpc) is 2.33. The first-order chi connectivity index (χ1) is 7.68.